The summed E-state index contributed by atoms with van der Waals surface area (Å²) in [5.74, 6) is 0.331. The van der Waals surface area contributed by atoms with Crippen LogP contribution in [0.15, 0.2) is 36.4 Å². The molecule has 0 radical (unpaired) electrons. The highest BCUT2D eigenvalue weighted by Crippen LogP contribution is 2.33. The SMILES string of the molecule is Cc1cc(-c2ccc3c(c2)CCCC3O)ccc1O. The Morgan fingerprint density at radius 1 is 1.05 bits per heavy atom. The van der Waals surface area contributed by atoms with Gasteiger partial charge in [0.1, 0.15) is 5.75 Å². The minimum Gasteiger partial charge on any atom is -0.508 e. The van der Waals surface area contributed by atoms with Crippen molar-refractivity contribution in [1.82, 2.24) is 0 Å². The zero-order valence-corrected chi connectivity index (χ0v) is 11.1. The smallest absolute Gasteiger partial charge is 0.118 e. The number of aryl methyl sites for hydroxylation is 2. The van der Waals surface area contributed by atoms with Gasteiger partial charge in [-0.05, 0) is 66.1 Å². The van der Waals surface area contributed by atoms with Crippen LogP contribution in [-0.4, -0.2) is 10.2 Å². The van der Waals surface area contributed by atoms with Gasteiger partial charge < -0.3 is 10.2 Å². The molecule has 1 aliphatic rings. The highest BCUT2D eigenvalue weighted by atomic mass is 16.3. The van der Waals surface area contributed by atoms with Crippen LogP contribution in [0.2, 0.25) is 0 Å². The van der Waals surface area contributed by atoms with Crippen LogP contribution >= 0.6 is 0 Å². The van der Waals surface area contributed by atoms with Gasteiger partial charge in [-0.1, -0.05) is 24.3 Å². The van der Waals surface area contributed by atoms with Crippen molar-refractivity contribution in [3.63, 3.8) is 0 Å². The molecule has 0 aromatic heterocycles. The predicted octanol–water partition coefficient (Wildman–Crippen LogP) is 3.74. The second-order valence-electron chi connectivity index (χ2n) is 5.32. The van der Waals surface area contributed by atoms with E-state index in [4.69, 9.17) is 0 Å². The average molecular weight is 254 g/mol. The fraction of sp³-hybridized carbons (Fsp3) is 0.294. The molecule has 0 amide bonds. The van der Waals surface area contributed by atoms with Crippen LogP contribution in [0.5, 0.6) is 5.75 Å². The number of phenols is 1. The first-order valence-corrected chi connectivity index (χ1v) is 6.76. The van der Waals surface area contributed by atoms with Gasteiger partial charge in [-0.2, -0.15) is 0 Å². The van der Waals surface area contributed by atoms with E-state index in [1.807, 2.05) is 25.1 Å². The zero-order valence-electron chi connectivity index (χ0n) is 11.1. The van der Waals surface area contributed by atoms with E-state index in [1.54, 1.807) is 6.07 Å². The Kier molecular flexibility index (Phi) is 3.03. The van der Waals surface area contributed by atoms with Gasteiger partial charge in [0.15, 0.2) is 0 Å². The Morgan fingerprint density at radius 2 is 1.79 bits per heavy atom. The Labute approximate surface area is 113 Å². The second-order valence-corrected chi connectivity index (χ2v) is 5.32. The molecule has 1 aliphatic carbocycles. The first-order valence-electron chi connectivity index (χ1n) is 6.76. The van der Waals surface area contributed by atoms with Gasteiger partial charge in [0.2, 0.25) is 0 Å². The second kappa shape index (κ2) is 4.71. The monoisotopic (exact) mass is 254 g/mol. The highest BCUT2D eigenvalue weighted by Gasteiger charge is 2.18. The number of hydrogen-bond acceptors (Lipinski definition) is 2. The molecular weight excluding hydrogens is 236 g/mol. The van der Waals surface area contributed by atoms with E-state index in [-0.39, 0.29) is 6.10 Å². The lowest BCUT2D eigenvalue weighted by molar-refractivity contribution is 0.156. The Morgan fingerprint density at radius 3 is 2.58 bits per heavy atom. The predicted molar refractivity (Wildman–Crippen MR) is 76.2 cm³/mol. The number of hydrogen-bond donors (Lipinski definition) is 2. The lowest BCUT2D eigenvalue weighted by Gasteiger charge is -2.22. The van der Waals surface area contributed by atoms with Crippen LogP contribution in [0.1, 0.15) is 35.6 Å². The molecule has 19 heavy (non-hydrogen) atoms. The molecule has 2 nitrogen and oxygen atoms in total. The molecule has 0 fully saturated rings. The molecule has 2 aromatic carbocycles. The largest absolute Gasteiger partial charge is 0.508 e. The summed E-state index contributed by atoms with van der Waals surface area (Å²) in [7, 11) is 0. The maximum absolute atomic E-state index is 9.97. The molecule has 2 heteroatoms. The Hall–Kier alpha value is -1.80. The Bertz CT molecular complexity index is 617. The van der Waals surface area contributed by atoms with Crippen molar-refractivity contribution in [3.8, 4) is 16.9 Å². The minimum absolute atomic E-state index is 0.306. The van der Waals surface area contributed by atoms with Crippen molar-refractivity contribution in [3.05, 3.63) is 53.1 Å². The number of fused-ring (bicyclic) bond motifs is 1. The lowest BCUT2D eigenvalue weighted by atomic mass is 9.87. The summed E-state index contributed by atoms with van der Waals surface area (Å²) in [5, 5.41) is 19.6. The molecule has 0 saturated carbocycles. The molecule has 98 valence electrons. The van der Waals surface area contributed by atoms with E-state index in [2.05, 4.69) is 12.1 Å². The van der Waals surface area contributed by atoms with Crippen LogP contribution in [0.4, 0.5) is 0 Å². The maximum Gasteiger partial charge on any atom is 0.118 e. The molecule has 0 bridgehead atoms. The van der Waals surface area contributed by atoms with E-state index in [9.17, 15) is 10.2 Å². The third kappa shape index (κ3) is 2.24. The number of aromatic hydroxyl groups is 1. The average Bonchev–Trinajstić information content (AvgIpc) is 2.42. The molecule has 0 aliphatic heterocycles. The first-order chi connectivity index (χ1) is 9.15. The standard InChI is InChI=1S/C17H18O2/c1-11-9-12(6-8-16(11)18)13-5-7-15-14(10-13)3-2-4-17(15)19/h5-10,17-19H,2-4H2,1H3. The van der Waals surface area contributed by atoms with Crippen molar-refractivity contribution in [2.45, 2.75) is 32.3 Å². The van der Waals surface area contributed by atoms with Gasteiger partial charge in [-0.15, -0.1) is 0 Å². The van der Waals surface area contributed by atoms with Crippen LogP contribution in [0.25, 0.3) is 11.1 Å². The molecule has 3 rings (SSSR count). The highest BCUT2D eigenvalue weighted by molar-refractivity contribution is 5.67. The molecule has 0 saturated heterocycles. The van der Waals surface area contributed by atoms with Crippen molar-refractivity contribution in [2.24, 2.45) is 0 Å². The number of aliphatic hydroxyl groups is 1. The van der Waals surface area contributed by atoms with Gasteiger partial charge in [0.05, 0.1) is 6.10 Å². The van der Waals surface area contributed by atoms with Gasteiger partial charge in [0.25, 0.3) is 0 Å². The summed E-state index contributed by atoms with van der Waals surface area (Å²) >= 11 is 0. The van der Waals surface area contributed by atoms with Crippen LogP contribution < -0.4 is 0 Å². The first kappa shape index (κ1) is 12.2. The molecule has 0 spiro atoms. The fourth-order valence-electron chi connectivity index (χ4n) is 2.80. The van der Waals surface area contributed by atoms with Crippen molar-refractivity contribution < 1.29 is 10.2 Å². The van der Waals surface area contributed by atoms with Crippen LogP contribution in [0.3, 0.4) is 0 Å². The molecule has 2 N–H and O–H groups in total. The van der Waals surface area contributed by atoms with Crippen LogP contribution in [-0.2, 0) is 6.42 Å². The quantitative estimate of drug-likeness (QED) is 0.814. The van der Waals surface area contributed by atoms with Crippen molar-refractivity contribution >= 4 is 0 Å². The van der Waals surface area contributed by atoms with Crippen molar-refractivity contribution in [1.29, 1.82) is 0 Å². The molecular formula is C17H18O2. The molecule has 0 heterocycles. The van der Waals surface area contributed by atoms with E-state index < -0.39 is 0 Å². The molecule has 1 unspecified atom stereocenters. The number of benzene rings is 2. The van der Waals surface area contributed by atoms with Gasteiger partial charge in [-0.25, -0.2) is 0 Å². The lowest BCUT2D eigenvalue weighted by Crippen LogP contribution is -2.08. The summed E-state index contributed by atoms with van der Waals surface area (Å²) in [5.41, 5.74) is 5.47. The van der Waals surface area contributed by atoms with E-state index in [1.165, 1.54) is 5.56 Å². The van der Waals surface area contributed by atoms with Crippen LogP contribution in [0, 0.1) is 6.92 Å². The summed E-state index contributed by atoms with van der Waals surface area (Å²) in [6, 6.07) is 11.9. The summed E-state index contributed by atoms with van der Waals surface area (Å²) < 4.78 is 0. The number of aliphatic hydroxyl groups excluding tert-OH is 1. The van der Waals surface area contributed by atoms with E-state index in [0.717, 1.165) is 41.5 Å². The summed E-state index contributed by atoms with van der Waals surface area (Å²) in [6.07, 6.45) is 2.65. The summed E-state index contributed by atoms with van der Waals surface area (Å²) in [4.78, 5) is 0. The van der Waals surface area contributed by atoms with Gasteiger partial charge in [-0.3, -0.25) is 0 Å². The minimum atomic E-state index is -0.306. The number of rotatable bonds is 1. The third-order valence-corrected chi connectivity index (χ3v) is 3.96. The molecule has 2 aromatic rings. The van der Waals surface area contributed by atoms with Gasteiger partial charge in [0, 0.05) is 0 Å². The van der Waals surface area contributed by atoms with Crippen molar-refractivity contribution in [2.75, 3.05) is 0 Å². The number of phenolic OH excluding ortho intramolecular Hbond substituents is 1. The maximum atomic E-state index is 9.97. The topological polar surface area (TPSA) is 40.5 Å². The Balaban J connectivity index is 2.04. The zero-order chi connectivity index (χ0) is 13.4. The third-order valence-electron chi connectivity index (χ3n) is 3.96. The van der Waals surface area contributed by atoms with Gasteiger partial charge >= 0.3 is 0 Å². The molecule has 1 atom stereocenters. The van der Waals surface area contributed by atoms with E-state index >= 15 is 0 Å². The van der Waals surface area contributed by atoms with E-state index in [0.29, 0.717) is 5.75 Å². The fourth-order valence-corrected chi connectivity index (χ4v) is 2.80. The summed E-state index contributed by atoms with van der Waals surface area (Å²) in [6.45, 7) is 1.90. The normalized spacial score (nSPS) is 18.1.